The number of benzene rings is 1. The van der Waals surface area contributed by atoms with Crippen LogP contribution in [0.4, 0.5) is 0 Å². The van der Waals surface area contributed by atoms with Gasteiger partial charge in [0.25, 0.3) is 0 Å². The third kappa shape index (κ3) is 3.66. The van der Waals surface area contributed by atoms with E-state index in [9.17, 15) is 5.11 Å². The molecule has 70 valence electrons. The van der Waals surface area contributed by atoms with Gasteiger partial charge in [-0.1, -0.05) is 24.3 Å². The van der Waals surface area contributed by atoms with Crippen LogP contribution in [-0.2, 0) is 0 Å². The fourth-order valence-corrected chi connectivity index (χ4v) is 1.73. The van der Waals surface area contributed by atoms with E-state index in [2.05, 4.69) is 6.58 Å². The summed E-state index contributed by atoms with van der Waals surface area (Å²) in [5, 5.41) is 9.65. The summed E-state index contributed by atoms with van der Waals surface area (Å²) in [6, 6.07) is 10.0. The second kappa shape index (κ2) is 4.49. The molecule has 0 saturated heterocycles. The van der Waals surface area contributed by atoms with E-state index in [1.165, 1.54) is 4.90 Å². The van der Waals surface area contributed by atoms with Gasteiger partial charge in [0, 0.05) is 10.6 Å². The van der Waals surface area contributed by atoms with Crippen molar-refractivity contribution >= 4 is 11.8 Å². The highest BCUT2D eigenvalue weighted by Gasteiger charge is 2.14. The molecule has 0 aliphatic heterocycles. The molecule has 0 aliphatic rings. The summed E-state index contributed by atoms with van der Waals surface area (Å²) in [7, 11) is 0. The van der Waals surface area contributed by atoms with E-state index in [4.69, 9.17) is 0 Å². The summed E-state index contributed by atoms with van der Waals surface area (Å²) in [4.78, 5) is 1.17. The van der Waals surface area contributed by atoms with E-state index < -0.39 is 5.60 Å². The molecule has 1 nitrogen and oxygen atoms in total. The maximum atomic E-state index is 9.65. The molecule has 0 spiro atoms. The lowest BCUT2D eigenvalue weighted by atomic mass is 10.1. The number of hydrogen-bond donors (Lipinski definition) is 1. The maximum Gasteiger partial charge on any atom is 0.0890 e. The smallest absolute Gasteiger partial charge is 0.0890 e. The fourth-order valence-electron chi connectivity index (χ4n) is 0.805. The van der Waals surface area contributed by atoms with Crippen LogP contribution in [0.25, 0.3) is 0 Å². The molecule has 0 bridgehead atoms. The molecule has 1 rings (SSSR count). The van der Waals surface area contributed by atoms with Crippen LogP contribution in [-0.4, -0.2) is 16.5 Å². The standard InChI is InChI=1S/C11H14OS/c1-3-11(2,12)9-13-10-7-5-4-6-8-10/h3-8,12H,1,9H2,2H3. The second-order valence-electron chi connectivity index (χ2n) is 3.16. The van der Waals surface area contributed by atoms with Crippen molar-refractivity contribution in [2.75, 3.05) is 5.75 Å². The van der Waals surface area contributed by atoms with E-state index in [1.54, 1.807) is 24.8 Å². The van der Waals surface area contributed by atoms with Gasteiger partial charge in [0.2, 0.25) is 0 Å². The molecule has 0 aromatic heterocycles. The molecule has 1 unspecified atom stereocenters. The minimum atomic E-state index is -0.777. The van der Waals surface area contributed by atoms with Gasteiger partial charge in [0.1, 0.15) is 0 Å². The van der Waals surface area contributed by atoms with Crippen LogP contribution in [0.1, 0.15) is 6.92 Å². The number of hydrogen-bond acceptors (Lipinski definition) is 2. The summed E-state index contributed by atoms with van der Waals surface area (Å²) in [6.07, 6.45) is 1.57. The summed E-state index contributed by atoms with van der Waals surface area (Å²) in [6.45, 7) is 5.34. The van der Waals surface area contributed by atoms with Gasteiger partial charge in [-0.05, 0) is 19.1 Å². The summed E-state index contributed by atoms with van der Waals surface area (Å²) >= 11 is 1.63. The largest absolute Gasteiger partial charge is 0.385 e. The normalized spacial score (nSPS) is 14.9. The minimum Gasteiger partial charge on any atom is -0.385 e. The summed E-state index contributed by atoms with van der Waals surface area (Å²) < 4.78 is 0. The first kappa shape index (κ1) is 10.4. The molecule has 13 heavy (non-hydrogen) atoms. The molecule has 1 aromatic rings. The third-order valence-corrected chi connectivity index (χ3v) is 3.05. The highest BCUT2D eigenvalue weighted by molar-refractivity contribution is 7.99. The minimum absolute atomic E-state index is 0.639. The van der Waals surface area contributed by atoms with Crippen LogP contribution in [0.15, 0.2) is 47.9 Å². The van der Waals surface area contributed by atoms with Crippen LogP contribution in [0.5, 0.6) is 0 Å². The molecule has 2 heteroatoms. The van der Waals surface area contributed by atoms with E-state index in [0.29, 0.717) is 5.75 Å². The molecule has 0 radical (unpaired) electrons. The molecule has 0 amide bonds. The predicted molar refractivity (Wildman–Crippen MR) is 58.0 cm³/mol. The Morgan fingerprint density at radius 2 is 2.08 bits per heavy atom. The molecule has 0 aliphatic carbocycles. The van der Waals surface area contributed by atoms with Crippen LogP contribution in [0.3, 0.4) is 0 Å². The Morgan fingerprint density at radius 3 is 2.62 bits per heavy atom. The van der Waals surface area contributed by atoms with Gasteiger partial charge < -0.3 is 5.11 Å². The Labute approximate surface area is 83.5 Å². The zero-order chi connectivity index (χ0) is 9.73. The van der Waals surface area contributed by atoms with Crippen LogP contribution < -0.4 is 0 Å². The van der Waals surface area contributed by atoms with Crippen molar-refractivity contribution in [3.05, 3.63) is 43.0 Å². The fraction of sp³-hybridized carbons (Fsp3) is 0.273. The summed E-state index contributed by atoms with van der Waals surface area (Å²) in [5.74, 6) is 0.639. The van der Waals surface area contributed by atoms with Crippen molar-refractivity contribution in [1.82, 2.24) is 0 Å². The molecular formula is C11H14OS. The Bertz CT molecular complexity index is 267. The number of thioether (sulfide) groups is 1. The lowest BCUT2D eigenvalue weighted by Gasteiger charge is -2.17. The Kier molecular flexibility index (Phi) is 3.58. The number of aliphatic hydroxyl groups is 1. The molecule has 0 fully saturated rings. The van der Waals surface area contributed by atoms with E-state index in [-0.39, 0.29) is 0 Å². The van der Waals surface area contributed by atoms with Crippen LogP contribution in [0.2, 0.25) is 0 Å². The van der Waals surface area contributed by atoms with Crippen molar-refractivity contribution in [3.8, 4) is 0 Å². The molecule has 0 saturated carbocycles. The van der Waals surface area contributed by atoms with Crippen molar-refractivity contribution in [3.63, 3.8) is 0 Å². The lowest BCUT2D eigenvalue weighted by Crippen LogP contribution is -2.23. The number of rotatable bonds is 4. The SMILES string of the molecule is C=CC(C)(O)CSc1ccccc1. The average Bonchev–Trinajstić information content (AvgIpc) is 2.17. The van der Waals surface area contributed by atoms with Gasteiger partial charge in [0.15, 0.2) is 0 Å². The predicted octanol–water partition coefficient (Wildman–Crippen LogP) is 2.72. The zero-order valence-corrected chi connectivity index (χ0v) is 8.55. The van der Waals surface area contributed by atoms with Crippen molar-refractivity contribution < 1.29 is 5.11 Å². The highest BCUT2D eigenvalue weighted by atomic mass is 32.2. The van der Waals surface area contributed by atoms with Gasteiger partial charge in [-0.3, -0.25) is 0 Å². The quantitative estimate of drug-likeness (QED) is 0.587. The van der Waals surface area contributed by atoms with Gasteiger partial charge in [-0.2, -0.15) is 0 Å². The van der Waals surface area contributed by atoms with Gasteiger partial charge in [0.05, 0.1) is 5.60 Å². The molecule has 1 atom stereocenters. The van der Waals surface area contributed by atoms with Crippen LogP contribution in [0, 0.1) is 0 Å². The first-order chi connectivity index (χ1) is 6.14. The second-order valence-corrected chi connectivity index (χ2v) is 4.21. The van der Waals surface area contributed by atoms with Crippen molar-refractivity contribution in [2.24, 2.45) is 0 Å². The zero-order valence-electron chi connectivity index (χ0n) is 7.73. The average molecular weight is 194 g/mol. The molecule has 0 heterocycles. The van der Waals surface area contributed by atoms with Crippen LogP contribution >= 0.6 is 11.8 Å². The van der Waals surface area contributed by atoms with Crippen molar-refractivity contribution in [1.29, 1.82) is 0 Å². The van der Waals surface area contributed by atoms with Crippen molar-refractivity contribution in [2.45, 2.75) is 17.4 Å². The van der Waals surface area contributed by atoms with E-state index in [0.717, 1.165) is 0 Å². The van der Waals surface area contributed by atoms with Gasteiger partial charge in [-0.25, -0.2) is 0 Å². The van der Waals surface area contributed by atoms with Gasteiger partial charge in [-0.15, -0.1) is 18.3 Å². The topological polar surface area (TPSA) is 20.2 Å². The van der Waals surface area contributed by atoms with E-state index >= 15 is 0 Å². The first-order valence-corrected chi connectivity index (χ1v) is 5.16. The maximum absolute atomic E-state index is 9.65. The Balaban J connectivity index is 2.48. The summed E-state index contributed by atoms with van der Waals surface area (Å²) in [5.41, 5.74) is -0.777. The Morgan fingerprint density at radius 1 is 1.46 bits per heavy atom. The Hall–Kier alpha value is -0.730. The first-order valence-electron chi connectivity index (χ1n) is 4.18. The highest BCUT2D eigenvalue weighted by Crippen LogP contribution is 2.22. The van der Waals surface area contributed by atoms with Gasteiger partial charge >= 0.3 is 0 Å². The van der Waals surface area contributed by atoms with E-state index in [1.807, 2.05) is 30.3 Å². The molecule has 1 N–H and O–H groups in total. The molecular weight excluding hydrogens is 180 g/mol. The molecule has 1 aromatic carbocycles. The monoisotopic (exact) mass is 194 g/mol. The third-order valence-electron chi connectivity index (χ3n) is 1.71. The lowest BCUT2D eigenvalue weighted by molar-refractivity contribution is 0.138.